The van der Waals surface area contributed by atoms with Crippen molar-refractivity contribution in [2.24, 2.45) is 11.7 Å². The Hall–Kier alpha value is -1.20. The van der Waals surface area contributed by atoms with Gasteiger partial charge in [-0.1, -0.05) is 26.0 Å². The third-order valence-corrected chi connectivity index (χ3v) is 3.71. The molecule has 0 spiro atoms. The maximum Gasteiger partial charge on any atom is 0.387 e. The number of hydrogen-bond donors (Lipinski definition) is 1. The maximum atomic E-state index is 12.2. The van der Waals surface area contributed by atoms with Gasteiger partial charge >= 0.3 is 6.61 Å². The predicted molar refractivity (Wildman–Crippen MR) is 79.4 cm³/mol. The average Bonchev–Trinajstić information content (AvgIpc) is 3.23. The second kappa shape index (κ2) is 7.18. The number of ether oxygens (including phenoxy) is 1. The molecule has 118 valence electrons. The van der Waals surface area contributed by atoms with E-state index >= 15 is 0 Å². The van der Waals surface area contributed by atoms with E-state index in [4.69, 9.17) is 5.73 Å². The number of nitrogens with zero attached hydrogens (tertiary/aromatic N) is 1. The minimum atomic E-state index is -2.79. The first-order valence-electron chi connectivity index (χ1n) is 7.51. The van der Waals surface area contributed by atoms with Crippen molar-refractivity contribution >= 4 is 0 Å². The highest BCUT2D eigenvalue weighted by Gasteiger charge is 2.34. The van der Waals surface area contributed by atoms with E-state index in [1.54, 1.807) is 12.1 Å². The van der Waals surface area contributed by atoms with Crippen LogP contribution in [0.5, 0.6) is 5.75 Å². The van der Waals surface area contributed by atoms with Gasteiger partial charge in [0.15, 0.2) is 0 Å². The Morgan fingerprint density at radius 1 is 1.24 bits per heavy atom. The number of alkyl halides is 2. The van der Waals surface area contributed by atoms with Crippen molar-refractivity contribution in [2.75, 3.05) is 13.1 Å². The van der Waals surface area contributed by atoms with Crippen LogP contribution in [-0.4, -0.2) is 30.6 Å². The lowest BCUT2D eigenvalue weighted by Gasteiger charge is -2.33. The summed E-state index contributed by atoms with van der Waals surface area (Å²) in [6.07, 6.45) is 2.44. The zero-order valence-electron chi connectivity index (χ0n) is 12.6. The summed E-state index contributed by atoms with van der Waals surface area (Å²) in [7, 11) is 0. The van der Waals surface area contributed by atoms with E-state index in [9.17, 15) is 8.78 Å². The third kappa shape index (κ3) is 4.64. The molecule has 1 aliphatic rings. The van der Waals surface area contributed by atoms with Gasteiger partial charge in [-0.3, -0.25) is 4.90 Å². The van der Waals surface area contributed by atoms with Crippen LogP contribution < -0.4 is 10.5 Å². The van der Waals surface area contributed by atoms with Gasteiger partial charge in [0.05, 0.1) is 0 Å². The van der Waals surface area contributed by atoms with Crippen LogP contribution in [0, 0.1) is 5.92 Å². The van der Waals surface area contributed by atoms with Crippen molar-refractivity contribution in [3.05, 3.63) is 29.8 Å². The Morgan fingerprint density at radius 3 is 2.29 bits per heavy atom. The molecule has 0 amide bonds. The molecule has 21 heavy (non-hydrogen) atoms. The average molecular weight is 298 g/mol. The number of halogens is 2. The first kappa shape index (κ1) is 16.2. The number of benzene rings is 1. The summed E-state index contributed by atoms with van der Waals surface area (Å²) in [4.78, 5) is 2.45. The minimum absolute atomic E-state index is 0.139. The molecule has 0 aromatic heterocycles. The monoisotopic (exact) mass is 298 g/mol. The highest BCUT2D eigenvalue weighted by molar-refractivity contribution is 5.29. The van der Waals surface area contributed by atoms with Gasteiger partial charge in [0.25, 0.3) is 0 Å². The fourth-order valence-electron chi connectivity index (χ4n) is 2.69. The molecule has 0 radical (unpaired) electrons. The molecule has 1 aromatic rings. The molecule has 1 fully saturated rings. The fraction of sp³-hybridized carbons (Fsp3) is 0.625. The van der Waals surface area contributed by atoms with E-state index in [1.807, 2.05) is 12.1 Å². The summed E-state index contributed by atoms with van der Waals surface area (Å²) in [6, 6.07) is 7.60. The smallest absolute Gasteiger partial charge is 0.387 e. The van der Waals surface area contributed by atoms with E-state index in [0.29, 0.717) is 18.5 Å². The highest BCUT2D eigenvalue weighted by Crippen LogP contribution is 2.35. The zero-order chi connectivity index (χ0) is 15.4. The van der Waals surface area contributed by atoms with Crippen molar-refractivity contribution in [2.45, 2.75) is 45.4 Å². The largest absolute Gasteiger partial charge is 0.435 e. The first-order chi connectivity index (χ1) is 10.0. The van der Waals surface area contributed by atoms with Gasteiger partial charge in [-0.2, -0.15) is 8.78 Å². The molecule has 1 unspecified atom stereocenters. The zero-order valence-corrected chi connectivity index (χ0v) is 12.6. The van der Waals surface area contributed by atoms with E-state index < -0.39 is 6.61 Å². The van der Waals surface area contributed by atoms with E-state index in [0.717, 1.165) is 12.1 Å². The van der Waals surface area contributed by atoms with Gasteiger partial charge in [0, 0.05) is 25.2 Å². The summed E-state index contributed by atoms with van der Waals surface area (Å²) >= 11 is 0. The van der Waals surface area contributed by atoms with Crippen LogP contribution in [0.25, 0.3) is 0 Å². The van der Waals surface area contributed by atoms with Crippen LogP contribution in [0.1, 0.15) is 38.3 Å². The van der Waals surface area contributed by atoms with Crippen LogP contribution in [0.3, 0.4) is 0 Å². The second-order valence-electron chi connectivity index (χ2n) is 6.02. The van der Waals surface area contributed by atoms with Gasteiger partial charge in [-0.05, 0) is 36.5 Å². The summed E-state index contributed by atoms with van der Waals surface area (Å²) in [6.45, 7) is 3.13. The molecule has 5 heteroatoms. The molecule has 1 aliphatic carbocycles. The molecule has 0 aliphatic heterocycles. The Bertz CT molecular complexity index is 432. The quantitative estimate of drug-likeness (QED) is 0.799. The molecular formula is C16H24F2N2O. The van der Waals surface area contributed by atoms with Crippen LogP contribution >= 0.6 is 0 Å². The Morgan fingerprint density at radius 2 is 1.86 bits per heavy atom. The minimum Gasteiger partial charge on any atom is -0.435 e. The summed E-state index contributed by atoms with van der Waals surface area (Å²) < 4.78 is 28.8. The lowest BCUT2D eigenvalue weighted by atomic mass is 10.0. The Kier molecular flexibility index (Phi) is 5.53. The normalized spacial score (nSPS) is 16.8. The number of nitrogens with two attached hydrogens (primary N) is 1. The number of hydrogen-bond acceptors (Lipinski definition) is 3. The predicted octanol–water partition coefficient (Wildman–Crippen LogP) is 3.41. The molecule has 1 atom stereocenters. The summed E-state index contributed by atoms with van der Waals surface area (Å²) in [5.74, 6) is 0.757. The molecule has 1 aromatic carbocycles. The van der Waals surface area contributed by atoms with Gasteiger partial charge in [-0.25, -0.2) is 0 Å². The molecule has 0 heterocycles. The molecule has 2 rings (SSSR count). The molecular weight excluding hydrogens is 274 g/mol. The van der Waals surface area contributed by atoms with Crippen molar-refractivity contribution in [3.63, 3.8) is 0 Å². The summed E-state index contributed by atoms with van der Waals surface area (Å²) in [5.41, 5.74) is 7.03. The van der Waals surface area contributed by atoms with Crippen LogP contribution in [-0.2, 0) is 0 Å². The van der Waals surface area contributed by atoms with E-state index in [-0.39, 0.29) is 11.8 Å². The Balaban J connectivity index is 2.11. The SMILES string of the molecule is CC(C)CN(C1CC1)C(CN)c1ccc(OC(F)F)cc1. The molecule has 3 nitrogen and oxygen atoms in total. The van der Waals surface area contributed by atoms with Gasteiger partial charge < -0.3 is 10.5 Å². The Labute approximate surface area is 125 Å². The third-order valence-electron chi connectivity index (χ3n) is 3.71. The molecule has 0 saturated heterocycles. The van der Waals surface area contributed by atoms with Gasteiger partial charge in [0.2, 0.25) is 0 Å². The highest BCUT2D eigenvalue weighted by atomic mass is 19.3. The van der Waals surface area contributed by atoms with E-state index in [1.165, 1.54) is 12.8 Å². The fourth-order valence-corrected chi connectivity index (χ4v) is 2.69. The van der Waals surface area contributed by atoms with Crippen molar-refractivity contribution in [1.82, 2.24) is 4.90 Å². The maximum absolute atomic E-state index is 12.2. The van der Waals surface area contributed by atoms with Crippen LogP contribution in [0.4, 0.5) is 8.78 Å². The number of rotatable bonds is 8. The second-order valence-corrected chi connectivity index (χ2v) is 6.02. The lowest BCUT2D eigenvalue weighted by Crippen LogP contribution is -2.38. The van der Waals surface area contributed by atoms with Gasteiger partial charge in [0.1, 0.15) is 5.75 Å². The van der Waals surface area contributed by atoms with Gasteiger partial charge in [-0.15, -0.1) is 0 Å². The van der Waals surface area contributed by atoms with Crippen molar-refractivity contribution in [1.29, 1.82) is 0 Å². The lowest BCUT2D eigenvalue weighted by molar-refractivity contribution is -0.0498. The topological polar surface area (TPSA) is 38.5 Å². The van der Waals surface area contributed by atoms with Crippen molar-refractivity contribution in [3.8, 4) is 5.75 Å². The van der Waals surface area contributed by atoms with Crippen molar-refractivity contribution < 1.29 is 13.5 Å². The standard InChI is InChI=1S/C16H24F2N2O/c1-11(2)10-20(13-5-6-13)15(9-19)12-3-7-14(8-4-12)21-16(17)18/h3-4,7-8,11,13,15-16H,5-6,9-10,19H2,1-2H3. The van der Waals surface area contributed by atoms with E-state index in [2.05, 4.69) is 23.5 Å². The first-order valence-corrected chi connectivity index (χ1v) is 7.51. The molecule has 2 N–H and O–H groups in total. The molecule has 1 saturated carbocycles. The summed E-state index contributed by atoms with van der Waals surface area (Å²) in [5, 5.41) is 0. The molecule has 0 bridgehead atoms. The van der Waals surface area contributed by atoms with Crippen LogP contribution in [0.15, 0.2) is 24.3 Å². The van der Waals surface area contributed by atoms with Crippen LogP contribution in [0.2, 0.25) is 0 Å².